The monoisotopic (exact) mass is 1800 g/mol. The molecule has 12 rings (SSSR count). The van der Waals surface area contributed by atoms with E-state index in [1.54, 1.807) is 170 Å². The van der Waals surface area contributed by atoms with Crippen LogP contribution in [0.1, 0.15) is 121 Å². The van der Waals surface area contributed by atoms with E-state index in [0.717, 1.165) is 22.5 Å². The van der Waals surface area contributed by atoms with E-state index in [9.17, 15) is 57.5 Å². The lowest BCUT2D eigenvalue weighted by molar-refractivity contribution is -0.168. The first-order chi connectivity index (χ1) is 64.2. The maximum Gasteiger partial charge on any atom is 0.320 e. The molecular formula is C95H103N25O13. The van der Waals surface area contributed by atoms with Crippen LogP contribution in [0.4, 0.5) is 111 Å². The number of hydrogen-bond donors (Lipinski definition) is 17. The first-order valence-electron chi connectivity index (χ1n) is 41.8. The molecule has 0 saturated heterocycles. The van der Waals surface area contributed by atoms with Gasteiger partial charge in [-0.05, 0) is 180 Å². The summed E-state index contributed by atoms with van der Waals surface area (Å²) in [6, 6.07) is 58.3. The molecule has 0 saturated carbocycles. The summed E-state index contributed by atoms with van der Waals surface area (Å²) in [6.07, 6.45) is 13.8. The molecule has 0 aliphatic carbocycles. The number of urea groups is 4. The number of aromatic nitrogens is 6. The number of hydrogen-bond acceptors (Lipinski definition) is 23. The lowest BCUT2D eigenvalue weighted by atomic mass is 10.1. The number of amides is 15. The largest absolute Gasteiger partial charge is 0.366 e. The summed E-state index contributed by atoms with van der Waals surface area (Å²) in [5.74, 6) is -1.04. The van der Waals surface area contributed by atoms with Crippen molar-refractivity contribution in [2.24, 2.45) is 5.73 Å². The minimum Gasteiger partial charge on any atom is -0.366 e. The molecule has 0 fully saturated rings. The predicted octanol–water partition coefficient (Wildman–Crippen LogP) is 14.9. The molecule has 0 radical (unpaired) electrons. The Morgan fingerprint density at radius 2 is 0.632 bits per heavy atom. The molecule has 0 unspecified atom stereocenters. The number of pyridine rings is 6. The highest BCUT2D eigenvalue weighted by Crippen LogP contribution is 2.31. The van der Waals surface area contributed by atoms with Crippen LogP contribution in [0.3, 0.4) is 0 Å². The van der Waals surface area contributed by atoms with Gasteiger partial charge in [-0.15, -0.1) is 0 Å². The number of nitrogens with zero attached hydrogens (tertiary/aromatic N) is 8. The third-order valence-corrected chi connectivity index (χ3v) is 18.6. The number of carbonyl (C=O) groups excluding carboxylic acids is 12. The van der Waals surface area contributed by atoms with E-state index in [-0.39, 0.29) is 64.2 Å². The first-order valence-corrected chi connectivity index (χ1v) is 41.8. The van der Waals surface area contributed by atoms with Gasteiger partial charge in [0.15, 0.2) is 0 Å². The number of primary amides is 1. The predicted molar refractivity (Wildman–Crippen MR) is 513 cm³/mol. The molecule has 18 N–H and O–H groups in total. The molecule has 0 bridgehead atoms. The number of nitrogens with one attached hydrogen (secondary N) is 16. The van der Waals surface area contributed by atoms with Crippen LogP contribution in [0.5, 0.6) is 0 Å². The lowest BCUT2D eigenvalue weighted by Crippen LogP contribution is -2.28. The van der Waals surface area contributed by atoms with Gasteiger partial charge in [0.2, 0.25) is 11.8 Å². The van der Waals surface area contributed by atoms with Crippen molar-refractivity contribution in [3.63, 3.8) is 0 Å². The second kappa shape index (κ2) is 51.3. The highest BCUT2D eigenvalue weighted by molar-refractivity contribution is 6.12. The van der Waals surface area contributed by atoms with Gasteiger partial charge in [-0.2, -0.15) is 0 Å². The number of ketones is 1. The molecule has 6 aromatic heterocycles. The Kier molecular flexibility index (Phi) is 38.2. The first kappa shape index (κ1) is 99.2. The van der Waals surface area contributed by atoms with Crippen LogP contribution in [0.25, 0.3) is 0 Å². The van der Waals surface area contributed by atoms with E-state index >= 15 is 0 Å². The number of para-hydroxylation sites is 2. The fourth-order valence-electron chi connectivity index (χ4n) is 11.9. The molecule has 38 heteroatoms. The van der Waals surface area contributed by atoms with E-state index in [4.69, 9.17) is 10.6 Å². The van der Waals surface area contributed by atoms with E-state index in [1.165, 1.54) is 60.3 Å². The third-order valence-electron chi connectivity index (χ3n) is 18.6. The molecule has 15 amide bonds. The fourth-order valence-corrected chi connectivity index (χ4v) is 11.9. The number of anilines is 16. The second-order valence-corrected chi connectivity index (χ2v) is 28.8. The van der Waals surface area contributed by atoms with Crippen LogP contribution in [0, 0.1) is 0 Å². The zero-order valence-electron chi connectivity index (χ0n) is 74.4. The van der Waals surface area contributed by atoms with Crippen molar-refractivity contribution in [3.8, 4) is 0 Å². The summed E-state index contributed by atoms with van der Waals surface area (Å²) in [7, 11) is 6.38. The van der Waals surface area contributed by atoms with E-state index in [0.29, 0.717) is 143 Å². The number of benzene rings is 6. The van der Waals surface area contributed by atoms with Crippen molar-refractivity contribution >= 4 is 163 Å². The van der Waals surface area contributed by atoms with E-state index < -0.39 is 29.8 Å². The SMILES string of the molecule is CCNC(=O)Nc1cc(Nc2ccc(C(=O)N(C)C)cc2)c(C(=O)Nc2cccnc2)cn1.CCNC(=O)Nc1cc(Nc2ccc(C(N)=O)cc2)c(C(=O)Nc2cccnc2)cn1.CCNC(=O)Nc1cc(Nc2ccccc2)c(C(=O)Nc2ccc(CCC(=O)N(C)OC)cc2)cn1.CCNC(=O)Nc1cc(Nc2ccccc2)c(C(=O)Nc2ccc(CCC(C)=O)cc2)cn1. The summed E-state index contributed by atoms with van der Waals surface area (Å²) in [6.45, 7) is 10.7. The number of carbonyl (C=O) groups is 12. The van der Waals surface area contributed by atoms with Crippen molar-refractivity contribution in [3.05, 3.63) is 300 Å². The van der Waals surface area contributed by atoms with E-state index in [1.807, 2.05) is 98.8 Å². The number of hydroxylamine groups is 2. The molecule has 0 atom stereocenters. The van der Waals surface area contributed by atoms with Gasteiger partial charge in [0.05, 0.1) is 75.9 Å². The number of Topliss-reactive ketones (excluding diaryl/α,β-unsaturated/α-hetero) is 1. The molecule has 133 heavy (non-hydrogen) atoms. The lowest BCUT2D eigenvalue weighted by Gasteiger charge is -2.15. The summed E-state index contributed by atoms with van der Waals surface area (Å²) < 4.78 is 0. The number of rotatable bonds is 33. The average Bonchev–Trinajstić information content (AvgIpc) is 0.831. The Balaban J connectivity index is 0.000000200. The maximum atomic E-state index is 13.1. The van der Waals surface area contributed by atoms with Crippen LogP contribution in [0.15, 0.2) is 256 Å². The van der Waals surface area contributed by atoms with Gasteiger partial charge in [0.1, 0.15) is 29.1 Å². The second-order valence-electron chi connectivity index (χ2n) is 28.8. The van der Waals surface area contributed by atoms with Crippen LogP contribution in [0.2, 0.25) is 0 Å². The van der Waals surface area contributed by atoms with Crippen LogP contribution >= 0.6 is 0 Å². The van der Waals surface area contributed by atoms with Crippen LogP contribution < -0.4 is 90.8 Å². The number of aryl methyl sites for hydroxylation is 2. The highest BCUT2D eigenvalue weighted by atomic mass is 16.7. The molecule has 0 aliphatic heterocycles. The molecule has 6 aromatic carbocycles. The van der Waals surface area contributed by atoms with Gasteiger partial charge in [-0.3, -0.25) is 69.6 Å². The Hall–Kier alpha value is -17.6. The minimum absolute atomic E-state index is 0.115. The van der Waals surface area contributed by atoms with Crippen molar-refractivity contribution in [1.82, 2.24) is 61.1 Å². The summed E-state index contributed by atoms with van der Waals surface area (Å²) >= 11 is 0. The Labute approximate surface area is 767 Å². The zero-order valence-corrected chi connectivity index (χ0v) is 74.4. The van der Waals surface area contributed by atoms with Gasteiger partial charge < -0.3 is 79.2 Å². The van der Waals surface area contributed by atoms with Crippen molar-refractivity contribution < 1.29 is 62.4 Å². The van der Waals surface area contributed by atoms with Crippen LogP contribution in [-0.2, 0) is 27.3 Å². The molecule has 0 aliphatic rings. The Morgan fingerprint density at radius 3 is 0.917 bits per heavy atom. The minimum atomic E-state index is -0.541. The number of nitrogens with two attached hydrogens (primary N) is 1. The van der Waals surface area contributed by atoms with Gasteiger partial charge in [0.25, 0.3) is 29.5 Å². The highest BCUT2D eigenvalue weighted by Gasteiger charge is 2.22. The van der Waals surface area contributed by atoms with Crippen LogP contribution in [-0.4, -0.2) is 166 Å². The molecule has 12 aromatic rings. The smallest absolute Gasteiger partial charge is 0.320 e. The van der Waals surface area contributed by atoms with E-state index in [2.05, 4.69) is 115 Å². The standard InChI is InChI=1S/C26H30N6O4.C25H27N5O3.C23H25N7O3.C21H21N7O3/c1-4-27-26(35)31-23-16-22(29-19-8-6-5-7-9-19)21(17-28-23)25(34)30-20-13-10-18(11-14-20)12-15-24(33)32(2)36-3;1-3-26-25(33)30-23-15-22(28-19-7-5-4-6-8-19)21(16-27-23)24(32)29-20-13-11-18(12-14-20)10-9-17(2)31;1-4-25-23(33)29-20-12-19(27-16-9-7-15(8-10-16)22(32)30(2)3)18(14-26-20)21(31)28-17-6-5-11-24-13-17;1-2-24-21(31)28-18-10-17(26-14-7-5-13(6-8-14)19(22)29)16(12-25-18)20(30)27-15-4-3-9-23-11-15/h5-11,13-14,16-17H,4,12,15H2,1-3H3,(H,30,34)(H3,27,28,29,31,35);4-8,11-16H,3,9-10H2,1-2H3,(H,29,32)(H3,26,27,28,30,33);5-14H,4H2,1-3H3,(H,28,31)(H3,25,26,27,29,33);3-12H,2H2,1H3,(H2,22,29)(H,27,30)(H3,24,25,26,28,31). The summed E-state index contributed by atoms with van der Waals surface area (Å²) in [4.78, 5) is 177. The van der Waals surface area contributed by atoms with Gasteiger partial charge in [-0.1, -0.05) is 60.7 Å². The van der Waals surface area contributed by atoms with Crippen molar-refractivity contribution in [1.29, 1.82) is 0 Å². The maximum absolute atomic E-state index is 13.1. The summed E-state index contributed by atoms with van der Waals surface area (Å²) in [5.41, 5.74) is 16.2. The zero-order chi connectivity index (χ0) is 95.6. The molecular weight excluding hydrogens is 1700 g/mol. The van der Waals surface area contributed by atoms with Gasteiger partial charge in [-0.25, -0.2) is 44.2 Å². The topological polar surface area (TPSA) is 516 Å². The van der Waals surface area contributed by atoms with Crippen molar-refractivity contribution in [2.45, 2.75) is 60.3 Å². The average molecular weight is 1800 g/mol. The Bertz CT molecular complexity index is 5970. The van der Waals surface area contributed by atoms with Gasteiger partial charge in [0, 0.05) is 167 Å². The molecule has 0 spiro atoms. The molecule has 686 valence electrons. The third kappa shape index (κ3) is 32.7. The van der Waals surface area contributed by atoms with Crippen molar-refractivity contribution in [2.75, 3.05) is 118 Å². The molecule has 38 nitrogen and oxygen atoms in total. The fraction of sp³-hybridized carbons (Fsp3) is 0.179. The quantitative estimate of drug-likeness (QED) is 0.0170. The normalized spacial score (nSPS) is 10.2. The van der Waals surface area contributed by atoms with Gasteiger partial charge >= 0.3 is 24.1 Å². The Morgan fingerprint density at radius 1 is 0.338 bits per heavy atom. The summed E-state index contributed by atoms with van der Waals surface area (Å²) in [5, 5.41) is 46.2. The molecule has 6 heterocycles.